The van der Waals surface area contributed by atoms with Crippen LogP contribution in [0.3, 0.4) is 0 Å². The van der Waals surface area contributed by atoms with E-state index >= 15 is 0 Å². The Morgan fingerprint density at radius 3 is 2.69 bits per heavy atom. The number of ether oxygens (including phenoxy) is 1. The van der Waals surface area contributed by atoms with Gasteiger partial charge in [-0.1, -0.05) is 12.1 Å². The number of aliphatic hydroxyl groups is 1. The topological polar surface area (TPSA) is 70.8 Å². The van der Waals surface area contributed by atoms with Crippen LogP contribution < -0.4 is 4.74 Å². The number of likely N-dealkylation sites (N-methyl/N-ethyl adjacent to an activating group) is 1. The normalized spacial score (nSPS) is 20.0. The first-order valence-electron chi connectivity index (χ1n) is 8.71. The van der Waals surface area contributed by atoms with Crippen molar-refractivity contribution in [3.05, 3.63) is 47.8 Å². The van der Waals surface area contributed by atoms with Gasteiger partial charge in [-0.2, -0.15) is 5.10 Å². The molecule has 140 valence electrons. The van der Waals surface area contributed by atoms with Crippen LogP contribution in [0.2, 0.25) is 0 Å². The highest BCUT2D eigenvalue weighted by Crippen LogP contribution is 2.24. The fourth-order valence-electron chi connectivity index (χ4n) is 3.51. The van der Waals surface area contributed by atoms with Gasteiger partial charge in [0, 0.05) is 32.9 Å². The summed E-state index contributed by atoms with van der Waals surface area (Å²) in [4.78, 5) is 16.4. The van der Waals surface area contributed by atoms with E-state index in [0.717, 1.165) is 17.9 Å². The Morgan fingerprint density at radius 2 is 2.08 bits per heavy atom. The van der Waals surface area contributed by atoms with E-state index in [1.807, 2.05) is 31.3 Å². The SMILES string of the molecule is COc1ccc(CN(C)C[C@@]2(O)CCN(C(=O)c3ccnn3C)C2)cc1. The zero-order valence-corrected chi connectivity index (χ0v) is 15.6. The van der Waals surface area contributed by atoms with Gasteiger partial charge in [0.1, 0.15) is 11.4 Å². The first-order valence-corrected chi connectivity index (χ1v) is 8.71. The van der Waals surface area contributed by atoms with Gasteiger partial charge in [-0.05, 0) is 37.2 Å². The molecule has 2 aromatic rings. The minimum Gasteiger partial charge on any atom is -0.497 e. The highest BCUT2D eigenvalue weighted by molar-refractivity contribution is 5.92. The van der Waals surface area contributed by atoms with Crippen LogP contribution in [0.5, 0.6) is 5.75 Å². The Kier molecular flexibility index (Phi) is 5.29. The maximum Gasteiger partial charge on any atom is 0.272 e. The van der Waals surface area contributed by atoms with Crippen LogP contribution in [0.25, 0.3) is 0 Å². The highest BCUT2D eigenvalue weighted by Gasteiger charge is 2.39. The fourth-order valence-corrected chi connectivity index (χ4v) is 3.51. The number of likely N-dealkylation sites (tertiary alicyclic amines) is 1. The van der Waals surface area contributed by atoms with Crippen molar-refractivity contribution in [1.29, 1.82) is 0 Å². The van der Waals surface area contributed by atoms with Gasteiger partial charge in [0.05, 0.1) is 19.3 Å². The molecular weight excluding hydrogens is 332 g/mol. The summed E-state index contributed by atoms with van der Waals surface area (Å²) < 4.78 is 6.74. The third kappa shape index (κ3) is 4.05. The van der Waals surface area contributed by atoms with Crippen molar-refractivity contribution >= 4 is 5.91 Å². The van der Waals surface area contributed by atoms with Crippen molar-refractivity contribution in [1.82, 2.24) is 19.6 Å². The Hall–Kier alpha value is -2.38. The summed E-state index contributed by atoms with van der Waals surface area (Å²) in [6.07, 6.45) is 2.18. The van der Waals surface area contributed by atoms with Gasteiger partial charge in [-0.15, -0.1) is 0 Å². The summed E-state index contributed by atoms with van der Waals surface area (Å²) in [7, 11) is 5.38. The van der Waals surface area contributed by atoms with Crippen LogP contribution >= 0.6 is 0 Å². The van der Waals surface area contributed by atoms with Crippen LogP contribution in [0.15, 0.2) is 36.5 Å². The lowest BCUT2D eigenvalue weighted by atomic mass is 10.0. The zero-order chi connectivity index (χ0) is 18.7. The smallest absolute Gasteiger partial charge is 0.272 e. The summed E-state index contributed by atoms with van der Waals surface area (Å²) >= 11 is 0. The number of aromatic nitrogens is 2. The van der Waals surface area contributed by atoms with Gasteiger partial charge in [-0.3, -0.25) is 14.4 Å². The summed E-state index contributed by atoms with van der Waals surface area (Å²) in [5.74, 6) is 0.744. The number of nitrogens with zero attached hydrogens (tertiary/aromatic N) is 4. The monoisotopic (exact) mass is 358 g/mol. The molecule has 1 aliphatic rings. The van der Waals surface area contributed by atoms with E-state index < -0.39 is 5.60 Å². The standard InChI is InChI=1S/C19H26N4O3/c1-21(12-15-4-6-16(26-3)7-5-15)13-19(25)9-11-23(14-19)18(24)17-8-10-20-22(17)2/h4-8,10,25H,9,11-14H2,1-3H3/t19-/m0/s1. The fraction of sp³-hybridized carbons (Fsp3) is 0.474. The van der Waals surface area contributed by atoms with Crippen LogP contribution in [0.4, 0.5) is 0 Å². The minimum absolute atomic E-state index is 0.0845. The van der Waals surface area contributed by atoms with E-state index in [-0.39, 0.29) is 5.91 Å². The number of carbonyl (C=O) groups excluding carboxylic acids is 1. The molecule has 3 rings (SSSR count). The summed E-state index contributed by atoms with van der Waals surface area (Å²) in [5, 5.41) is 15.0. The zero-order valence-electron chi connectivity index (χ0n) is 15.6. The molecule has 1 saturated heterocycles. The molecule has 1 aromatic carbocycles. The number of β-amino-alcohol motifs (C(OH)–C–C–N with tert-alkyl or cyclic N) is 1. The molecule has 1 N–H and O–H groups in total. The minimum atomic E-state index is -0.893. The molecule has 0 radical (unpaired) electrons. The molecule has 0 saturated carbocycles. The molecular formula is C19H26N4O3. The van der Waals surface area contributed by atoms with Gasteiger partial charge >= 0.3 is 0 Å². The lowest BCUT2D eigenvalue weighted by molar-refractivity contribution is 0.0162. The molecule has 1 amide bonds. The molecule has 0 spiro atoms. The lowest BCUT2D eigenvalue weighted by Crippen LogP contribution is -2.44. The van der Waals surface area contributed by atoms with E-state index in [1.165, 1.54) is 0 Å². The van der Waals surface area contributed by atoms with Crippen LogP contribution in [0, 0.1) is 0 Å². The van der Waals surface area contributed by atoms with Crippen molar-refractivity contribution < 1.29 is 14.6 Å². The van der Waals surface area contributed by atoms with Crippen molar-refractivity contribution in [3.63, 3.8) is 0 Å². The average Bonchev–Trinajstić information content (AvgIpc) is 3.21. The van der Waals surface area contributed by atoms with E-state index in [9.17, 15) is 9.90 Å². The maximum atomic E-state index is 12.6. The van der Waals surface area contributed by atoms with E-state index in [2.05, 4.69) is 10.00 Å². The second kappa shape index (κ2) is 7.47. The highest BCUT2D eigenvalue weighted by atomic mass is 16.5. The van der Waals surface area contributed by atoms with Crippen LogP contribution in [-0.4, -0.2) is 70.0 Å². The van der Waals surface area contributed by atoms with Gasteiger partial charge in [0.25, 0.3) is 5.91 Å². The molecule has 1 aliphatic heterocycles. The number of rotatable bonds is 6. The summed E-state index contributed by atoms with van der Waals surface area (Å²) in [6.45, 7) is 2.12. The van der Waals surface area contributed by atoms with Crippen molar-refractivity contribution in [2.75, 3.05) is 33.8 Å². The van der Waals surface area contributed by atoms with Gasteiger partial charge in [0.15, 0.2) is 0 Å². The van der Waals surface area contributed by atoms with Crippen LogP contribution in [-0.2, 0) is 13.6 Å². The van der Waals surface area contributed by atoms with Gasteiger partial charge in [-0.25, -0.2) is 0 Å². The molecule has 0 bridgehead atoms. The predicted molar refractivity (Wildman–Crippen MR) is 98.0 cm³/mol. The Morgan fingerprint density at radius 1 is 1.35 bits per heavy atom. The van der Waals surface area contributed by atoms with E-state index in [0.29, 0.717) is 31.7 Å². The molecule has 1 atom stereocenters. The van der Waals surface area contributed by atoms with Crippen LogP contribution in [0.1, 0.15) is 22.5 Å². The second-order valence-corrected chi connectivity index (χ2v) is 7.06. The third-order valence-electron chi connectivity index (χ3n) is 4.84. The van der Waals surface area contributed by atoms with Gasteiger partial charge < -0.3 is 14.7 Å². The molecule has 2 heterocycles. The van der Waals surface area contributed by atoms with E-state index in [4.69, 9.17) is 4.74 Å². The number of hydrogen-bond acceptors (Lipinski definition) is 5. The molecule has 0 unspecified atom stereocenters. The molecule has 26 heavy (non-hydrogen) atoms. The summed E-state index contributed by atoms with van der Waals surface area (Å²) in [5.41, 5.74) is 0.800. The van der Waals surface area contributed by atoms with Crippen molar-refractivity contribution in [2.45, 2.75) is 18.6 Å². The van der Waals surface area contributed by atoms with Crippen molar-refractivity contribution in [2.24, 2.45) is 7.05 Å². The number of hydrogen-bond donors (Lipinski definition) is 1. The largest absolute Gasteiger partial charge is 0.497 e. The number of benzene rings is 1. The summed E-state index contributed by atoms with van der Waals surface area (Å²) in [6, 6.07) is 9.61. The molecule has 0 aliphatic carbocycles. The first-order chi connectivity index (χ1) is 12.4. The van der Waals surface area contributed by atoms with E-state index in [1.54, 1.807) is 36.0 Å². The third-order valence-corrected chi connectivity index (χ3v) is 4.84. The Labute approximate surface area is 153 Å². The lowest BCUT2D eigenvalue weighted by Gasteiger charge is -2.29. The average molecular weight is 358 g/mol. The quantitative estimate of drug-likeness (QED) is 0.838. The second-order valence-electron chi connectivity index (χ2n) is 7.06. The molecule has 1 fully saturated rings. The number of carbonyl (C=O) groups is 1. The number of methoxy groups -OCH3 is 1. The Balaban J connectivity index is 1.57. The Bertz CT molecular complexity index is 758. The molecule has 7 nitrogen and oxygen atoms in total. The maximum absolute atomic E-state index is 12.6. The predicted octanol–water partition coefficient (Wildman–Crippen LogP) is 1.14. The van der Waals surface area contributed by atoms with Gasteiger partial charge in [0.2, 0.25) is 0 Å². The number of aryl methyl sites for hydroxylation is 1. The molecule has 7 heteroatoms. The molecule has 1 aromatic heterocycles. The van der Waals surface area contributed by atoms with Crippen molar-refractivity contribution in [3.8, 4) is 5.75 Å². The number of amides is 1. The first kappa shape index (κ1) is 18.4.